The third-order valence-corrected chi connectivity index (χ3v) is 1.52. The van der Waals surface area contributed by atoms with Gasteiger partial charge >= 0.3 is 6.18 Å². The Balaban J connectivity index is 3.77. The van der Waals surface area contributed by atoms with Gasteiger partial charge in [-0.2, -0.15) is 13.2 Å². The molecule has 0 aromatic carbocycles. The van der Waals surface area contributed by atoms with E-state index in [9.17, 15) is 13.2 Å². The van der Waals surface area contributed by atoms with E-state index in [0.717, 1.165) is 6.92 Å². The molecule has 0 aliphatic heterocycles. The van der Waals surface area contributed by atoms with Crippen LogP contribution in [-0.2, 0) is 0 Å². The van der Waals surface area contributed by atoms with Gasteiger partial charge in [-0.25, -0.2) is 0 Å². The van der Waals surface area contributed by atoms with Crippen LogP contribution in [0.5, 0.6) is 0 Å². The highest BCUT2D eigenvalue weighted by Gasteiger charge is 2.36. The molecule has 0 saturated carbocycles. The van der Waals surface area contributed by atoms with Crippen LogP contribution in [0.4, 0.5) is 13.2 Å². The molecule has 0 aromatic heterocycles. The molecule has 0 aliphatic carbocycles. The van der Waals surface area contributed by atoms with Gasteiger partial charge in [0.25, 0.3) is 0 Å². The Morgan fingerprint density at radius 2 is 1.82 bits per heavy atom. The van der Waals surface area contributed by atoms with Gasteiger partial charge in [0.2, 0.25) is 0 Å². The summed E-state index contributed by atoms with van der Waals surface area (Å²) in [5.74, 6) is -1.36. The lowest BCUT2D eigenvalue weighted by Crippen LogP contribution is -2.35. The second-order valence-electron chi connectivity index (χ2n) is 2.67. The van der Waals surface area contributed by atoms with Crippen molar-refractivity contribution in [1.82, 2.24) is 0 Å². The average Bonchev–Trinajstić information content (AvgIpc) is 1.85. The van der Waals surface area contributed by atoms with Crippen LogP contribution in [0.15, 0.2) is 0 Å². The van der Waals surface area contributed by atoms with Crippen molar-refractivity contribution in [2.75, 3.05) is 6.54 Å². The van der Waals surface area contributed by atoms with E-state index in [0.29, 0.717) is 0 Å². The topological polar surface area (TPSA) is 52.0 Å². The molecule has 0 radical (unpaired) electrons. The van der Waals surface area contributed by atoms with E-state index >= 15 is 0 Å². The minimum absolute atomic E-state index is 0.0972. The molecule has 4 N–H and O–H groups in total. The Morgan fingerprint density at radius 3 is 2.09 bits per heavy atom. The van der Waals surface area contributed by atoms with Crippen LogP contribution in [0.1, 0.15) is 13.3 Å². The van der Waals surface area contributed by atoms with Gasteiger partial charge < -0.3 is 11.5 Å². The van der Waals surface area contributed by atoms with Crippen molar-refractivity contribution in [3.8, 4) is 0 Å². The van der Waals surface area contributed by atoms with Crippen molar-refractivity contribution in [3.05, 3.63) is 0 Å². The average molecular weight is 170 g/mol. The van der Waals surface area contributed by atoms with E-state index in [1.165, 1.54) is 0 Å². The Kier molecular flexibility index (Phi) is 3.82. The summed E-state index contributed by atoms with van der Waals surface area (Å²) in [6.45, 7) is 1.20. The summed E-state index contributed by atoms with van der Waals surface area (Å²) in [5.41, 5.74) is 10.3. The molecule has 0 heterocycles. The molecule has 0 aliphatic rings. The molecule has 0 fully saturated rings. The van der Waals surface area contributed by atoms with Crippen LogP contribution in [0.2, 0.25) is 0 Å². The van der Waals surface area contributed by atoms with Gasteiger partial charge in [-0.3, -0.25) is 0 Å². The van der Waals surface area contributed by atoms with E-state index in [1.54, 1.807) is 0 Å². The molecule has 0 rings (SSSR count). The predicted molar refractivity (Wildman–Crippen MR) is 36.9 cm³/mol. The molecule has 68 valence electrons. The molecule has 2 unspecified atom stereocenters. The van der Waals surface area contributed by atoms with E-state index in [1.807, 2.05) is 0 Å². The number of hydrogen-bond acceptors (Lipinski definition) is 2. The summed E-state index contributed by atoms with van der Waals surface area (Å²) < 4.78 is 35.5. The number of rotatable bonds is 3. The smallest absolute Gasteiger partial charge is 0.329 e. The van der Waals surface area contributed by atoms with Crippen LogP contribution >= 0.6 is 0 Å². The predicted octanol–water partition coefficient (Wildman–Crippen LogP) is 0.861. The Bertz CT molecular complexity index is 113. The largest absolute Gasteiger partial charge is 0.391 e. The number of alkyl halides is 3. The van der Waals surface area contributed by atoms with E-state index in [2.05, 4.69) is 0 Å². The zero-order valence-electron chi connectivity index (χ0n) is 6.36. The van der Waals surface area contributed by atoms with Gasteiger partial charge in [0.15, 0.2) is 0 Å². The molecular formula is C6H13F3N2. The highest BCUT2D eigenvalue weighted by molar-refractivity contribution is 4.70. The molecule has 0 bridgehead atoms. The van der Waals surface area contributed by atoms with Crippen LogP contribution in [0, 0.1) is 5.92 Å². The standard InChI is InChI=1S/C6H13F3N2/c1-4(6(7,8)9)2-5(11)3-10/h4-5H,2-3,10-11H2,1H3. The van der Waals surface area contributed by atoms with Gasteiger partial charge in [0, 0.05) is 12.6 Å². The SMILES string of the molecule is CC(CC(N)CN)C(F)(F)F. The molecule has 0 aromatic rings. The van der Waals surface area contributed by atoms with Crippen LogP contribution in [0.25, 0.3) is 0 Å². The van der Waals surface area contributed by atoms with Crippen molar-refractivity contribution in [1.29, 1.82) is 0 Å². The summed E-state index contributed by atoms with van der Waals surface area (Å²) in [6.07, 6.45) is -4.24. The lowest BCUT2D eigenvalue weighted by Gasteiger charge is -2.18. The molecule has 5 heteroatoms. The first-order chi connectivity index (χ1) is 4.88. The van der Waals surface area contributed by atoms with Crippen LogP contribution < -0.4 is 11.5 Å². The fourth-order valence-corrected chi connectivity index (χ4v) is 0.684. The van der Waals surface area contributed by atoms with Crippen molar-refractivity contribution < 1.29 is 13.2 Å². The van der Waals surface area contributed by atoms with E-state index < -0.39 is 18.1 Å². The van der Waals surface area contributed by atoms with Crippen LogP contribution in [0.3, 0.4) is 0 Å². The first-order valence-corrected chi connectivity index (χ1v) is 3.40. The second kappa shape index (κ2) is 3.92. The fraction of sp³-hybridized carbons (Fsp3) is 1.00. The third kappa shape index (κ3) is 4.21. The van der Waals surface area contributed by atoms with Crippen molar-refractivity contribution in [3.63, 3.8) is 0 Å². The molecule has 2 atom stereocenters. The summed E-state index contributed by atoms with van der Waals surface area (Å²) in [7, 11) is 0. The number of nitrogens with two attached hydrogens (primary N) is 2. The summed E-state index contributed by atoms with van der Waals surface area (Å²) in [6, 6.07) is -0.549. The molecule has 2 nitrogen and oxygen atoms in total. The van der Waals surface area contributed by atoms with Crippen molar-refractivity contribution in [2.45, 2.75) is 25.6 Å². The first kappa shape index (κ1) is 10.7. The lowest BCUT2D eigenvalue weighted by atomic mass is 10.0. The highest BCUT2D eigenvalue weighted by Crippen LogP contribution is 2.28. The maximum absolute atomic E-state index is 11.8. The minimum Gasteiger partial charge on any atom is -0.329 e. The summed E-state index contributed by atoms with van der Waals surface area (Å²) in [4.78, 5) is 0. The number of hydrogen-bond donors (Lipinski definition) is 2. The molecule has 0 spiro atoms. The van der Waals surface area contributed by atoms with Gasteiger partial charge in [-0.1, -0.05) is 6.92 Å². The Labute approximate surface area is 63.7 Å². The van der Waals surface area contributed by atoms with Crippen molar-refractivity contribution in [2.24, 2.45) is 17.4 Å². The monoisotopic (exact) mass is 170 g/mol. The summed E-state index contributed by atoms with van der Waals surface area (Å²) in [5, 5.41) is 0. The zero-order chi connectivity index (χ0) is 9.07. The first-order valence-electron chi connectivity index (χ1n) is 3.40. The zero-order valence-corrected chi connectivity index (χ0v) is 6.36. The number of halogens is 3. The molecule has 0 saturated heterocycles. The van der Waals surface area contributed by atoms with Gasteiger partial charge in [-0.15, -0.1) is 0 Å². The van der Waals surface area contributed by atoms with Crippen LogP contribution in [-0.4, -0.2) is 18.8 Å². The maximum atomic E-state index is 11.8. The normalized spacial score (nSPS) is 18.0. The van der Waals surface area contributed by atoms with Gasteiger partial charge in [0.1, 0.15) is 0 Å². The van der Waals surface area contributed by atoms with Gasteiger partial charge in [0.05, 0.1) is 5.92 Å². The third-order valence-electron chi connectivity index (χ3n) is 1.52. The molecule has 0 amide bonds. The fourth-order valence-electron chi connectivity index (χ4n) is 0.684. The molecular weight excluding hydrogens is 157 g/mol. The Hall–Kier alpha value is -0.290. The lowest BCUT2D eigenvalue weighted by molar-refractivity contribution is -0.172. The van der Waals surface area contributed by atoms with Gasteiger partial charge in [-0.05, 0) is 6.42 Å². The summed E-state index contributed by atoms with van der Waals surface area (Å²) >= 11 is 0. The van der Waals surface area contributed by atoms with E-state index in [-0.39, 0.29) is 13.0 Å². The van der Waals surface area contributed by atoms with E-state index in [4.69, 9.17) is 11.5 Å². The Morgan fingerprint density at radius 1 is 1.36 bits per heavy atom. The van der Waals surface area contributed by atoms with Crippen molar-refractivity contribution >= 4 is 0 Å². The minimum atomic E-state index is -4.15. The second-order valence-corrected chi connectivity index (χ2v) is 2.67. The quantitative estimate of drug-likeness (QED) is 0.660. The molecule has 11 heavy (non-hydrogen) atoms. The maximum Gasteiger partial charge on any atom is 0.391 e. The highest BCUT2D eigenvalue weighted by atomic mass is 19.4.